The molecule has 0 radical (unpaired) electrons. The molecular weight excluding hydrogens is 200 g/mol. The van der Waals surface area contributed by atoms with Gasteiger partial charge in [-0.05, 0) is 0 Å². The van der Waals surface area contributed by atoms with E-state index >= 15 is 0 Å². The van der Waals surface area contributed by atoms with Gasteiger partial charge in [-0.3, -0.25) is 4.68 Å². The minimum atomic E-state index is -0.163. The van der Waals surface area contributed by atoms with Crippen molar-refractivity contribution in [3.05, 3.63) is 42.1 Å². The smallest absolute Gasteiger partial charge is 0.0971 e. The van der Waals surface area contributed by atoms with E-state index in [9.17, 15) is 0 Å². The molecule has 1 atom stereocenters. The lowest BCUT2D eigenvalue weighted by Gasteiger charge is -2.08. The van der Waals surface area contributed by atoms with Crippen LogP contribution in [0.4, 0.5) is 0 Å². The van der Waals surface area contributed by atoms with Crippen LogP contribution in [0, 0.1) is 0 Å². The van der Waals surface area contributed by atoms with E-state index in [0.29, 0.717) is 6.54 Å². The van der Waals surface area contributed by atoms with Crippen LogP contribution in [-0.2, 0) is 7.05 Å². The first-order chi connectivity index (χ1) is 7.72. The molecule has 4 nitrogen and oxygen atoms in total. The Balaban J connectivity index is 2.48. The summed E-state index contributed by atoms with van der Waals surface area (Å²) >= 11 is 0. The third kappa shape index (κ3) is 1.98. The van der Waals surface area contributed by atoms with Crippen LogP contribution in [0.1, 0.15) is 11.6 Å². The number of hydrogen-bond acceptors (Lipinski definition) is 3. The third-order valence-electron chi connectivity index (χ3n) is 2.56. The van der Waals surface area contributed by atoms with Gasteiger partial charge in [-0.1, -0.05) is 30.3 Å². The predicted octanol–water partition coefficient (Wildman–Crippen LogP) is 1.05. The summed E-state index contributed by atoms with van der Waals surface area (Å²) in [5, 5.41) is 4.43. The molecule has 2 rings (SSSR count). The lowest BCUT2D eigenvalue weighted by Crippen LogP contribution is -2.20. The topological polar surface area (TPSA) is 69.9 Å². The van der Waals surface area contributed by atoms with Gasteiger partial charge in [-0.25, -0.2) is 0 Å². The van der Waals surface area contributed by atoms with Gasteiger partial charge in [-0.15, -0.1) is 0 Å². The SMILES string of the molecule is Cn1cc(C(N)CN)c(-c2ccccc2)n1. The van der Waals surface area contributed by atoms with E-state index in [1.807, 2.05) is 43.6 Å². The summed E-state index contributed by atoms with van der Waals surface area (Å²) in [7, 11) is 1.89. The highest BCUT2D eigenvalue weighted by Crippen LogP contribution is 2.24. The Labute approximate surface area is 94.9 Å². The molecule has 1 aromatic heterocycles. The van der Waals surface area contributed by atoms with E-state index in [2.05, 4.69) is 5.10 Å². The maximum atomic E-state index is 5.97. The van der Waals surface area contributed by atoms with Gasteiger partial charge >= 0.3 is 0 Å². The van der Waals surface area contributed by atoms with Crippen molar-refractivity contribution in [2.45, 2.75) is 6.04 Å². The fourth-order valence-corrected chi connectivity index (χ4v) is 1.73. The average Bonchev–Trinajstić information content (AvgIpc) is 2.71. The second-order valence-corrected chi connectivity index (χ2v) is 3.81. The predicted molar refractivity (Wildman–Crippen MR) is 64.6 cm³/mol. The number of nitrogens with two attached hydrogens (primary N) is 2. The molecule has 1 unspecified atom stereocenters. The van der Waals surface area contributed by atoms with Crippen molar-refractivity contribution in [3.63, 3.8) is 0 Å². The van der Waals surface area contributed by atoms with Crippen molar-refractivity contribution >= 4 is 0 Å². The molecule has 1 aromatic carbocycles. The third-order valence-corrected chi connectivity index (χ3v) is 2.56. The van der Waals surface area contributed by atoms with E-state index in [-0.39, 0.29) is 6.04 Å². The molecule has 0 amide bonds. The lowest BCUT2D eigenvalue weighted by molar-refractivity contribution is 0.731. The second-order valence-electron chi connectivity index (χ2n) is 3.81. The highest BCUT2D eigenvalue weighted by atomic mass is 15.3. The largest absolute Gasteiger partial charge is 0.329 e. The van der Waals surface area contributed by atoms with Gasteiger partial charge in [0.05, 0.1) is 5.69 Å². The van der Waals surface area contributed by atoms with E-state index in [4.69, 9.17) is 11.5 Å². The Hall–Kier alpha value is -1.65. The Morgan fingerprint density at radius 3 is 2.62 bits per heavy atom. The van der Waals surface area contributed by atoms with Crippen LogP contribution in [0.2, 0.25) is 0 Å². The first kappa shape index (κ1) is 10.9. The van der Waals surface area contributed by atoms with E-state index < -0.39 is 0 Å². The van der Waals surface area contributed by atoms with Crippen LogP contribution in [0.25, 0.3) is 11.3 Å². The fourth-order valence-electron chi connectivity index (χ4n) is 1.73. The molecule has 0 fully saturated rings. The molecule has 0 spiro atoms. The summed E-state index contributed by atoms with van der Waals surface area (Å²) in [5.41, 5.74) is 14.6. The summed E-state index contributed by atoms with van der Waals surface area (Å²) in [4.78, 5) is 0. The molecule has 2 aromatic rings. The van der Waals surface area contributed by atoms with Crippen molar-refractivity contribution in [1.29, 1.82) is 0 Å². The van der Waals surface area contributed by atoms with Gasteiger partial charge in [0, 0.05) is 37.0 Å². The van der Waals surface area contributed by atoms with E-state index in [1.165, 1.54) is 0 Å². The zero-order valence-corrected chi connectivity index (χ0v) is 9.30. The molecule has 0 aliphatic rings. The summed E-state index contributed by atoms with van der Waals surface area (Å²) in [6.07, 6.45) is 1.93. The lowest BCUT2D eigenvalue weighted by atomic mass is 10.0. The molecule has 0 aliphatic heterocycles. The summed E-state index contributed by atoms with van der Waals surface area (Å²) in [5.74, 6) is 0. The highest BCUT2D eigenvalue weighted by molar-refractivity contribution is 5.63. The second kappa shape index (κ2) is 4.47. The van der Waals surface area contributed by atoms with Crippen LogP contribution < -0.4 is 11.5 Å². The van der Waals surface area contributed by atoms with Gasteiger partial charge in [0.15, 0.2) is 0 Å². The molecule has 0 bridgehead atoms. The van der Waals surface area contributed by atoms with Crippen molar-refractivity contribution in [1.82, 2.24) is 9.78 Å². The maximum Gasteiger partial charge on any atom is 0.0971 e. The molecule has 4 N–H and O–H groups in total. The fraction of sp³-hybridized carbons (Fsp3) is 0.250. The Kier molecular flexibility index (Phi) is 3.03. The zero-order chi connectivity index (χ0) is 11.5. The van der Waals surface area contributed by atoms with Crippen molar-refractivity contribution < 1.29 is 0 Å². The molecule has 1 heterocycles. The average molecular weight is 216 g/mol. The number of aromatic nitrogens is 2. The molecule has 16 heavy (non-hydrogen) atoms. The monoisotopic (exact) mass is 216 g/mol. The minimum absolute atomic E-state index is 0.163. The molecular formula is C12H16N4. The first-order valence-corrected chi connectivity index (χ1v) is 5.27. The zero-order valence-electron chi connectivity index (χ0n) is 9.30. The van der Waals surface area contributed by atoms with Crippen LogP contribution in [0.5, 0.6) is 0 Å². The Morgan fingerprint density at radius 1 is 1.31 bits per heavy atom. The van der Waals surface area contributed by atoms with Crippen LogP contribution in [-0.4, -0.2) is 16.3 Å². The van der Waals surface area contributed by atoms with Gasteiger partial charge < -0.3 is 11.5 Å². The van der Waals surface area contributed by atoms with Gasteiger partial charge in [-0.2, -0.15) is 5.10 Å². The molecule has 4 heteroatoms. The van der Waals surface area contributed by atoms with Crippen molar-refractivity contribution in [2.24, 2.45) is 18.5 Å². The molecule has 0 saturated carbocycles. The van der Waals surface area contributed by atoms with Crippen LogP contribution >= 0.6 is 0 Å². The number of nitrogens with zero attached hydrogens (tertiary/aromatic N) is 2. The van der Waals surface area contributed by atoms with Crippen LogP contribution in [0.3, 0.4) is 0 Å². The van der Waals surface area contributed by atoms with Crippen molar-refractivity contribution in [2.75, 3.05) is 6.54 Å². The number of rotatable bonds is 3. The highest BCUT2D eigenvalue weighted by Gasteiger charge is 2.14. The van der Waals surface area contributed by atoms with E-state index in [0.717, 1.165) is 16.8 Å². The molecule has 0 aliphatic carbocycles. The van der Waals surface area contributed by atoms with Gasteiger partial charge in [0.1, 0.15) is 0 Å². The normalized spacial score (nSPS) is 12.7. The number of hydrogen-bond donors (Lipinski definition) is 2. The van der Waals surface area contributed by atoms with E-state index in [1.54, 1.807) is 4.68 Å². The maximum absolute atomic E-state index is 5.97. The number of aryl methyl sites for hydroxylation is 1. The summed E-state index contributed by atoms with van der Waals surface area (Å²) in [6, 6.07) is 9.84. The van der Waals surface area contributed by atoms with Gasteiger partial charge in [0.25, 0.3) is 0 Å². The van der Waals surface area contributed by atoms with Crippen molar-refractivity contribution in [3.8, 4) is 11.3 Å². The Morgan fingerprint density at radius 2 is 2.00 bits per heavy atom. The molecule has 84 valence electrons. The first-order valence-electron chi connectivity index (χ1n) is 5.27. The minimum Gasteiger partial charge on any atom is -0.329 e. The van der Waals surface area contributed by atoms with Crippen LogP contribution in [0.15, 0.2) is 36.5 Å². The summed E-state index contributed by atoms with van der Waals surface area (Å²) in [6.45, 7) is 0.422. The summed E-state index contributed by atoms with van der Waals surface area (Å²) < 4.78 is 1.77. The standard InChI is InChI=1S/C12H16N4/c1-16-8-10(11(14)7-13)12(15-16)9-5-3-2-4-6-9/h2-6,8,11H,7,13-14H2,1H3. The quantitative estimate of drug-likeness (QED) is 0.805. The Bertz CT molecular complexity index is 461. The number of benzene rings is 1. The van der Waals surface area contributed by atoms with Gasteiger partial charge in [0.2, 0.25) is 0 Å². The molecule has 0 saturated heterocycles.